The van der Waals surface area contributed by atoms with Crippen molar-refractivity contribution in [3.8, 4) is 0 Å². The highest BCUT2D eigenvalue weighted by Crippen LogP contribution is 2.27. The highest BCUT2D eigenvalue weighted by Gasteiger charge is 2.26. The number of benzene rings is 1. The monoisotopic (exact) mass is 354 g/mol. The number of aromatic nitrogens is 3. The Hall–Kier alpha value is -2.54. The van der Waals surface area contributed by atoms with E-state index in [0.717, 1.165) is 28.8 Å². The molecule has 1 aliphatic rings. The zero-order valence-corrected chi connectivity index (χ0v) is 14.7. The molecule has 0 saturated carbocycles. The van der Waals surface area contributed by atoms with Crippen molar-refractivity contribution in [2.24, 2.45) is 0 Å². The van der Waals surface area contributed by atoms with Gasteiger partial charge in [0.1, 0.15) is 5.82 Å². The van der Waals surface area contributed by atoms with Gasteiger partial charge in [0.2, 0.25) is 0 Å². The fourth-order valence-corrected chi connectivity index (χ4v) is 4.02. The molecule has 3 aromatic rings. The maximum absolute atomic E-state index is 12.7. The first-order valence-corrected chi connectivity index (χ1v) is 9.18. The lowest BCUT2D eigenvalue weighted by atomic mass is 9.93. The van der Waals surface area contributed by atoms with E-state index in [0.29, 0.717) is 24.5 Å². The summed E-state index contributed by atoms with van der Waals surface area (Å²) in [5.74, 6) is 0.909. The molecule has 6 nitrogen and oxygen atoms in total. The average molecular weight is 354 g/mol. The fraction of sp³-hybridized carbons (Fsp3) is 0.333. The van der Waals surface area contributed by atoms with E-state index in [1.165, 1.54) is 0 Å². The number of hydrogen-bond donors (Lipinski definition) is 1. The molecular weight excluding hydrogens is 336 g/mol. The van der Waals surface area contributed by atoms with Crippen molar-refractivity contribution >= 4 is 27.5 Å². The molecule has 1 amide bonds. The summed E-state index contributed by atoms with van der Waals surface area (Å²) in [6, 6.07) is 7.26. The third-order valence-corrected chi connectivity index (χ3v) is 5.47. The number of thiazole rings is 1. The van der Waals surface area contributed by atoms with Crippen LogP contribution < -0.4 is 5.56 Å². The number of hydrogen-bond acceptors (Lipinski definition) is 5. The number of rotatable bonds is 2. The first kappa shape index (κ1) is 16.0. The van der Waals surface area contributed by atoms with Crippen LogP contribution in [0, 0.1) is 6.92 Å². The molecule has 0 bridgehead atoms. The van der Waals surface area contributed by atoms with E-state index in [2.05, 4.69) is 15.0 Å². The minimum atomic E-state index is -0.113. The fourth-order valence-electron chi connectivity index (χ4n) is 3.36. The van der Waals surface area contributed by atoms with E-state index < -0.39 is 0 Å². The summed E-state index contributed by atoms with van der Waals surface area (Å²) < 4.78 is 1.09. The van der Waals surface area contributed by atoms with Crippen LogP contribution in [0.1, 0.15) is 40.6 Å². The third-order valence-electron chi connectivity index (χ3n) is 4.66. The SMILES string of the molecule is Cc1nc(C2CCN(C(=O)c3ccc4scnc4c3)CC2)cc(=O)[nH]1. The summed E-state index contributed by atoms with van der Waals surface area (Å²) in [5, 5.41) is 0. The number of nitrogens with one attached hydrogen (secondary N) is 1. The summed E-state index contributed by atoms with van der Waals surface area (Å²) in [5.41, 5.74) is 4.06. The van der Waals surface area contributed by atoms with Gasteiger partial charge in [0, 0.05) is 30.6 Å². The maximum atomic E-state index is 12.7. The van der Waals surface area contributed by atoms with Crippen molar-refractivity contribution < 1.29 is 4.79 Å². The van der Waals surface area contributed by atoms with Crippen LogP contribution in [-0.4, -0.2) is 38.8 Å². The topological polar surface area (TPSA) is 79.0 Å². The van der Waals surface area contributed by atoms with E-state index in [4.69, 9.17) is 0 Å². The number of fused-ring (bicyclic) bond motifs is 1. The summed E-state index contributed by atoms with van der Waals surface area (Å²) >= 11 is 1.57. The Labute approximate surface area is 148 Å². The standard InChI is InChI=1S/C18H18N4O2S/c1-11-20-14(9-17(23)21-11)12-4-6-22(7-5-12)18(24)13-2-3-16-15(8-13)19-10-25-16/h2-3,8-10,12H,4-7H2,1H3,(H,20,21,23). The molecule has 25 heavy (non-hydrogen) atoms. The average Bonchev–Trinajstić information content (AvgIpc) is 3.08. The number of nitrogens with zero attached hydrogens (tertiary/aromatic N) is 3. The summed E-state index contributed by atoms with van der Waals surface area (Å²) in [7, 11) is 0. The van der Waals surface area contributed by atoms with Gasteiger partial charge >= 0.3 is 0 Å². The van der Waals surface area contributed by atoms with Gasteiger partial charge in [-0.3, -0.25) is 9.59 Å². The van der Waals surface area contributed by atoms with Crippen molar-refractivity contribution in [1.29, 1.82) is 0 Å². The molecule has 1 saturated heterocycles. The number of H-pyrrole nitrogens is 1. The highest BCUT2D eigenvalue weighted by atomic mass is 32.1. The van der Waals surface area contributed by atoms with Gasteiger partial charge in [0.05, 0.1) is 21.4 Å². The zero-order valence-electron chi connectivity index (χ0n) is 13.9. The predicted octanol–water partition coefficient (Wildman–Crippen LogP) is 2.71. The smallest absolute Gasteiger partial charge is 0.253 e. The number of carbonyl (C=O) groups is 1. The summed E-state index contributed by atoms with van der Waals surface area (Å²) in [4.78, 5) is 37.7. The van der Waals surface area contributed by atoms with Crippen LogP contribution in [0.15, 0.2) is 34.6 Å². The zero-order chi connectivity index (χ0) is 17.4. The first-order chi connectivity index (χ1) is 12.1. The normalized spacial score (nSPS) is 15.6. The number of likely N-dealkylation sites (tertiary alicyclic amines) is 1. The number of amides is 1. The predicted molar refractivity (Wildman–Crippen MR) is 97.1 cm³/mol. The van der Waals surface area contributed by atoms with E-state index in [1.54, 1.807) is 29.8 Å². The summed E-state index contributed by atoms with van der Waals surface area (Å²) in [6.45, 7) is 3.14. The Morgan fingerprint density at radius 1 is 1.28 bits per heavy atom. The van der Waals surface area contributed by atoms with Crippen LogP contribution >= 0.6 is 11.3 Å². The molecule has 3 heterocycles. The van der Waals surface area contributed by atoms with E-state index in [1.807, 2.05) is 23.1 Å². The molecule has 4 rings (SSSR count). The van der Waals surface area contributed by atoms with Gasteiger partial charge in [-0.15, -0.1) is 11.3 Å². The first-order valence-electron chi connectivity index (χ1n) is 8.30. The molecule has 1 N–H and O–H groups in total. The molecule has 0 atom stereocenters. The number of piperidine rings is 1. The molecule has 1 fully saturated rings. The molecule has 0 aliphatic carbocycles. The van der Waals surface area contributed by atoms with Crippen LogP contribution in [0.3, 0.4) is 0 Å². The van der Waals surface area contributed by atoms with Crippen LogP contribution in [0.2, 0.25) is 0 Å². The molecule has 0 radical (unpaired) electrons. The molecule has 0 unspecified atom stereocenters. The second-order valence-electron chi connectivity index (χ2n) is 6.36. The van der Waals surface area contributed by atoms with E-state index in [9.17, 15) is 9.59 Å². The van der Waals surface area contributed by atoms with Gasteiger partial charge in [-0.25, -0.2) is 9.97 Å². The van der Waals surface area contributed by atoms with Crippen LogP contribution in [0.25, 0.3) is 10.2 Å². The molecule has 1 aromatic carbocycles. The lowest BCUT2D eigenvalue weighted by Crippen LogP contribution is -2.38. The van der Waals surface area contributed by atoms with Crippen molar-refractivity contribution in [2.45, 2.75) is 25.7 Å². The Balaban J connectivity index is 1.47. The molecular formula is C18H18N4O2S. The van der Waals surface area contributed by atoms with Gasteiger partial charge in [0.25, 0.3) is 11.5 Å². The van der Waals surface area contributed by atoms with Gasteiger partial charge in [-0.2, -0.15) is 0 Å². The second-order valence-corrected chi connectivity index (χ2v) is 7.24. The highest BCUT2D eigenvalue weighted by molar-refractivity contribution is 7.16. The van der Waals surface area contributed by atoms with Gasteiger partial charge in [0.15, 0.2) is 0 Å². The summed E-state index contributed by atoms with van der Waals surface area (Å²) in [6.07, 6.45) is 1.64. The number of aromatic amines is 1. The Morgan fingerprint density at radius 2 is 2.08 bits per heavy atom. The van der Waals surface area contributed by atoms with Gasteiger partial charge < -0.3 is 9.88 Å². The maximum Gasteiger partial charge on any atom is 0.253 e. The molecule has 1 aliphatic heterocycles. The van der Waals surface area contributed by atoms with Crippen LogP contribution in [0.4, 0.5) is 0 Å². The van der Waals surface area contributed by atoms with Crippen LogP contribution in [0.5, 0.6) is 0 Å². The number of aryl methyl sites for hydroxylation is 1. The van der Waals surface area contributed by atoms with Crippen molar-refractivity contribution in [3.05, 3.63) is 57.2 Å². The van der Waals surface area contributed by atoms with Crippen molar-refractivity contribution in [1.82, 2.24) is 19.9 Å². The number of carbonyl (C=O) groups excluding carboxylic acids is 1. The van der Waals surface area contributed by atoms with Gasteiger partial charge in [-0.05, 0) is 38.0 Å². The Kier molecular flexibility index (Phi) is 4.09. The van der Waals surface area contributed by atoms with Gasteiger partial charge in [-0.1, -0.05) is 0 Å². The Morgan fingerprint density at radius 3 is 2.84 bits per heavy atom. The third kappa shape index (κ3) is 3.19. The van der Waals surface area contributed by atoms with E-state index >= 15 is 0 Å². The lowest BCUT2D eigenvalue weighted by Gasteiger charge is -2.31. The van der Waals surface area contributed by atoms with Crippen molar-refractivity contribution in [3.63, 3.8) is 0 Å². The van der Waals surface area contributed by atoms with Crippen LogP contribution in [-0.2, 0) is 0 Å². The lowest BCUT2D eigenvalue weighted by molar-refractivity contribution is 0.0712. The minimum Gasteiger partial charge on any atom is -0.339 e. The largest absolute Gasteiger partial charge is 0.339 e. The quantitative estimate of drug-likeness (QED) is 0.767. The molecule has 2 aromatic heterocycles. The second kappa shape index (κ2) is 6.40. The molecule has 0 spiro atoms. The minimum absolute atomic E-state index is 0.0448. The Bertz CT molecular complexity index is 986. The molecule has 7 heteroatoms. The molecule has 128 valence electrons. The van der Waals surface area contributed by atoms with Crippen molar-refractivity contribution in [2.75, 3.05) is 13.1 Å². The van der Waals surface area contributed by atoms with E-state index in [-0.39, 0.29) is 17.4 Å².